The Balaban J connectivity index is 2.07. The molecule has 2 heterocycles. The molecule has 0 amide bonds. The highest BCUT2D eigenvalue weighted by Crippen LogP contribution is 2.26. The summed E-state index contributed by atoms with van der Waals surface area (Å²) in [7, 11) is 1.63. The Hall–Kier alpha value is -2.91. The van der Waals surface area contributed by atoms with Crippen LogP contribution in [0.5, 0.6) is 0 Å². The van der Waals surface area contributed by atoms with Crippen molar-refractivity contribution >= 4 is 22.3 Å². The van der Waals surface area contributed by atoms with Gasteiger partial charge in [-0.25, -0.2) is 9.78 Å². The van der Waals surface area contributed by atoms with E-state index in [1.54, 1.807) is 19.4 Å². The van der Waals surface area contributed by atoms with E-state index < -0.39 is 11.2 Å². The van der Waals surface area contributed by atoms with Crippen LogP contribution in [0.15, 0.2) is 45.3 Å². The van der Waals surface area contributed by atoms with Crippen LogP contribution in [0.1, 0.15) is 19.4 Å². The summed E-state index contributed by atoms with van der Waals surface area (Å²) in [5.41, 5.74) is 7.08. The van der Waals surface area contributed by atoms with E-state index >= 15 is 0 Å². The summed E-state index contributed by atoms with van der Waals surface area (Å²) in [6.07, 6.45) is 0. The second kappa shape index (κ2) is 9.06. The van der Waals surface area contributed by atoms with Gasteiger partial charge in [-0.15, -0.1) is 11.3 Å². The fourth-order valence-electron chi connectivity index (χ4n) is 3.11. The monoisotopic (exact) mass is 415 g/mol. The van der Waals surface area contributed by atoms with Crippen molar-refractivity contribution in [1.29, 1.82) is 0 Å². The molecule has 0 saturated carbocycles. The first kappa shape index (κ1) is 20.8. The number of anilines is 2. The van der Waals surface area contributed by atoms with Gasteiger partial charge in [0.1, 0.15) is 11.4 Å². The van der Waals surface area contributed by atoms with Gasteiger partial charge in [-0.3, -0.25) is 13.9 Å². The van der Waals surface area contributed by atoms with Gasteiger partial charge in [0.15, 0.2) is 5.13 Å². The SMILES string of the molecule is CCn1c(=O)c(-c2csc(N[C@H](C)COC)n2)c(N)n(Cc2ccccc2)c1=O. The number of ether oxygens (including phenoxy) is 1. The van der Waals surface area contributed by atoms with E-state index in [1.807, 2.05) is 37.3 Å². The third kappa shape index (κ3) is 4.41. The predicted molar refractivity (Wildman–Crippen MR) is 117 cm³/mol. The molecule has 8 nitrogen and oxygen atoms in total. The first-order chi connectivity index (χ1) is 14.0. The lowest BCUT2D eigenvalue weighted by atomic mass is 10.2. The molecule has 9 heteroatoms. The Kier molecular flexibility index (Phi) is 6.50. The Bertz CT molecular complexity index is 1090. The van der Waals surface area contributed by atoms with Crippen LogP contribution in [0.4, 0.5) is 10.9 Å². The molecule has 1 atom stereocenters. The highest BCUT2D eigenvalue weighted by Gasteiger charge is 2.20. The summed E-state index contributed by atoms with van der Waals surface area (Å²) in [6.45, 7) is 4.79. The largest absolute Gasteiger partial charge is 0.384 e. The first-order valence-electron chi connectivity index (χ1n) is 9.34. The van der Waals surface area contributed by atoms with Gasteiger partial charge in [-0.05, 0) is 19.4 Å². The predicted octanol–water partition coefficient (Wildman–Crippen LogP) is 2.23. The molecule has 29 heavy (non-hydrogen) atoms. The molecule has 0 saturated heterocycles. The summed E-state index contributed by atoms with van der Waals surface area (Å²) in [5.74, 6) is 0.121. The molecule has 0 radical (unpaired) electrons. The van der Waals surface area contributed by atoms with Gasteiger partial charge in [-0.1, -0.05) is 30.3 Å². The number of benzene rings is 1. The number of rotatable bonds is 8. The fourth-order valence-corrected chi connectivity index (χ4v) is 3.92. The maximum Gasteiger partial charge on any atom is 0.332 e. The molecule has 154 valence electrons. The maximum absolute atomic E-state index is 13.0. The average molecular weight is 416 g/mol. The van der Waals surface area contributed by atoms with Crippen molar-refractivity contribution in [2.45, 2.75) is 33.0 Å². The van der Waals surface area contributed by atoms with Crippen molar-refractivity contribution in [1.82, 2.24) is 14.1 Å². The van der Waals surface area contributed by atoms with E-state index in [1.165, 1.54) is 20.5 Å². The zero-order chi connectivity index (χ0) is 21.0. The van der Waals surface area contributed by atoms with Gasteiger partial charge in [0.05, 0.1) is 18.8 Å². The second-order valence-corrected chi connectivity index (χ2v) is 7.56. The molecule has 0 aliphatic carbocycles. The van der Waals surface area contributed by atoms with Gasteiger partial charge in [-0.2, -0.15) is 0 Å². The number of nitrogens with one attached hydrogen (secondary N) is 1. The maximum atomic E-state index is 13.0. The number of methoxy groups -OCH3 is 1. The third-order valence-electron chi connectivity index (χ3n) is 4.51. The smallest absolute Gasteiger partial charge is 0.332 e. The molecular formula is C20H25N5O3S. The summed E-state index contributed by atoms with van der Waals surface area (Å²) >= 11 is 1.37. The molecule has 0 unspecified atom stereocenters. The number of hydrogen-bond acceptors (Lipinski definition) is 7. The van der Waals surface area contributed by atoms with Crippen LogP contribution in [-0.2, 0) is 17.8 Å². The number of nitrogens with two attached hydrogens (primary N) is 1. The van der Waals surface area contributed by atoms with Gasteiger partial charge in [0.2, 0.25) is 0 Å². The van der Waals surface area contributed by atoms with Crippen molar-refractivity contribution in [3.63, 3.8) is 0 Å². The van der Waals surface area contributed by atoms with Crippen LogP contribution >= 0.6 is 11.3 Å². The highest BCUT2D eigenvalue weighted by atomic mass is 32.1. The quantitative estimate of drug-likeness (QED) is 0.585. The lowest BCUT2D eigenvalue weighted by Gasteiger charge is -2.15. The minimum Gasteiger partial charge on any atom is -0.384 e. The summed E-state index contributed by atoms with van der Waals surface area (Å²) in [6, 6.07) is 9.59. The van der Waals surface area contributed by atoms with E-state index in [0.29, 0.717) is 17.4 Å². The van der Waals surface area contributed by atoms with Gasteiger partial charge < -0.3 is 15.8 Å². The molecule has 0 aliphatic rings. The highest BCUT2D eigenvalue weighted by molar-refractivity contribution is 7.14. The van der Waals surface area contributed by atoms with Crippen molar-refractivity contribution in [3.05, 3.63) is 62.1 Å². The van der Waals surface area contributed by atoms with Crippen LogP contribution in [0, 0.1) is 0 Å². The van der Waals surface area contributed by atoms with E-state index in [2.05, 4.69) is 10.3 Å². The number of hydrogen-bond donors (Lipinski definition) is 2. The van der Waals surface area contributed by atoms with Gasteiger partial charge in [0.25, 0.3) is 5.56 Å². The number of nitrogens with zero attached hydrogens (tertiary/aromatic N) is 3. The molecular weight excluding hydrogens is 390 g/mol. The molecule has 0 aliphatic heterocycles. The first-order valence-corrected chi connectivity index (χ1v) is 10.2. The Morgan fingerprint density at radius 2 is 1.97 bits per heavy atom. The molecule has 3 rings (SSSR count). The van der Waals surface area contributed by atoms with Crippen molar-refractivity contribution in [3.8, 4) is 11.3 Å². The van der Waals surface area contributed by atoms with Crippen LogP contribution < -0.4 is 22.3 Å². The van der Waals surface area contributed by atoms with E-state index in [4.69, 9.17) is 10.5 Å². The van der Waals surface area contributed by atoms with Gasteiger partial charge >= 0.3 is 5.69 Å². The standard InChI is InChI=1S/C20H25N5O3S/c1-4-24-18(26)16(15-12-29-19(23-15)22-13(2)11-28-3)17(21)25(20(24)27)10-14-8-6-5-7-9-14/h5-9,12-13H,4,10-11,21H2,1-3H3,(H,22,23)/t13-/m1/s1. The van der Waals surface area contributed by atoms with Crippen molar-refractivity contribution in [2.75, 3.05) is 24.8 Å². The number of nitrogen functional groups attached to an aromatic ring is 1. The van der Waals surface area contributed by atoms with Gasteiger partial charge in [0, 0.05) is 25.1 Å². The number of aromatic nitrogens is 3. The molecule has 3 aromatic rings. The summed E-state index contributed by atoms with van der Waals surface area (Å²) < 4.78 is 7.74. The van der Waals surface area contributed by atoms with Crippen molar-refractivity contribution < 1.29 is 4.74 Å². The van der Waals surface area contributed by atoms with Crippen LogP contribution in [-0.4, -0.2) is 33.9 Å². The summed E-state index contributed by atoms with van der Waals surface area (Å²) in [4.78, 5) is 30.3. The van der Waals surface area contributed by atoms with E-state index in [9.17, 15) is 9.59 Å². The lowest BCUT2D eigenvalue weighted by Crippen LogP contribution is -2.41. The topological polar surface area (TPSA) is 104 Å². The molecule has 1 aromatic carbocycles. The average Bonchev–Trinajstić information content (AvgIpc) is 3.14. The van der Waals surface area contributed by atoms with E-state index in [0.717, 1.165) is 5.56 Å². The summed E-state index contributed by atoms with van der Waals surface area (Å²) in [5, 5.41) is 5.66. The van der Waals surface area contributed by atoms with Crippen molar-refractivity contribution in [2.24, 2.45) is 0 Å². The van der Waals surface area contributed by atoms with E-state index in [-0.39, 0.29) is 30.5 Å². The normalized spacial score (nSPS) is 12.1. The minimum atomic E-state index is -0.430. The van der Waals surface area contributed by atoms with Crippen LogP contribution in [0.25, 0.3) is 11.3 Å². The van der Waals surface area contributed by atoms with Crippen LogP contribution in [0.2, 0.25) is 0 Å². The Morgan fingerprint density at radius 1 is 1.24 bits per heavy atom. The minimum absolute atomic E-state index is 0.0654. The van der Waals surface area contributed by atoms with Crippen LogP contribution in [0.3, 0.4) is 0 Å². The molecule has 3 N–H and O–H groups in total. The Morgan fingerprint density at radius 3 is 2.62 bits per heavy atom. The lowest BCUT2D eigenvalue weighted by molar-refractivity contribution is 0.190. The Labute approximate surface area is 172 Å². The zero-order valence-electron chi connectivity index (χ0n) is 16.7. The zero-order valence-corrected chi connectivity index (χ0v) is 17.5. The molecule has 0 bridgehead atoms. The molecule has 0 fully saturated rings. The molecule has 2 aromatic heterocycles. The third-order valence-corrected chi connectivity index (χ3v) is 5.29. The molecule has 0 spiro atoms. The second-order valence-electron chi connectivity index (χ2n) is 6.70. The number of thiazole rings is 1. The fraction of sp³-hybridized carbons (Fsp3) is 0.350.